The summed E-state index contributed by atoms with van der Waals surface area (Å²) in [5.74, 6) is 6.31. The lowest BCUT2D eigenvalue weighted by atomic mass is 9.77. The van der Waals surface area contributed by atoms with Gasteiger partial charge in [-0.15, -0.1) is 0 Å². The van der Waals surface area contributed by atoms with Gasteiger partial charge < -0.3 is 0 Å². The van der Waals surface area contributed by atoms with Gasteiger partial charge >= 0.3 is 0 Å². The summed E-state index contributed by atoms with van der Waals surface area (Å²) in [7, 11) is 0. The second-order valence-electron chi connectivity index (χ2n) is 45.6. The average Bonchev–Trinajstić information content (AvgIpc) is 1.57. The van der Waals surface area contributed by atoms with E-state index in [0.29, 0.717) is 48.3 Å². The highest BCUT2D eigenvalue weighted by atomic mass is 19.3. The summed E-state index contributed by atoms with van der Waals surface area (Å²) in [4.78, 5) is 0. The van der Waals surface area contributed by atoms with E-state index < -0.39 is 23.7 Å². The molecule has 4 rings (SSSR count). The molecule has 0 aromatic carbocycles. The summed E-state index contributed by atoms with van der Waals surface area (Å²) in [5.41, 5.74) is 2.14. The Hall–Kier alpha value is -0.680. The van der Waals surface area contributed by atoms with Crippen molar-refractivity contribution in [1.29, 1.82) is 0 Å². The van der Waals surface area contributed by atoms with Crippen molar-refractivity contribution in [2.24, 2.45) is 146 Å². The van der Waals surface area contributed by atoms with Gasteiger partial charge in [0.1, 0.15) is 0 Å². The van der Waals surface area contributed by atoms with E-state index >= 15 is 0 Å². The van der Waals surface area contributed by atoms with Crippen LogP contribution in [0.4, 0.5) is 26.3 Å². The summed E-state index contributed by atoms with van der Waals surface area (Å²) in [5, 5.41) is 0. The molecule has 4 unspecified atom stereocenters. The van der Waals surface area contributed by atoms with Crippen LogP contribution >= 0.6 is 0 Å². The molecule has 4 aliphatic rings. The van der Waals surface area contributed by atoms with E-state index in [1.165, 1.54) is 180 Å². The van der Waals surface area contributed by atoms with Crippen LogP contribution in [0.2, 0.25) is 0 Å². The fourth-order valence-electron chi connectivity index (χ4n) is 15.8. The van der Waals surface area contributed by atoms with Crippen LogP contribution in [0.3, 0.4) is 0 Å². The minimum absolute atomic E-state index is 0.0328. The second kappa shape index (κ2) is 66.9. The van der Waals surface area contributed by atoms with Gasteiger partial charge in [-0.1, -0.05) is 417 Å². The maximum absolute atomic E-state index is 13.2. The van der Waals surface area contributed by atoms with E-state index in [0.717, 1.165) is 120 Å². The van der Waals surface area contributed by atoms with Crippen LogP contribution in [0, 0.1) is 146 Å². The Labute approximate surface area is 712 Å². The molecule has 686 valence electrons. The van der Waals surface area contributed by atoms with Gasteiger partial charge in [-0.3, -0.25) is 0 Å². The minimum Gasteiger partial charge on any atom is -0.207 e. The van der Waals surface area contributed by atoms with E-state index in [-0.39, 0.29) is 42.9 Å². The minimum atomic E-state index is -2.46. The Balaban J connectivity index is -0.000000387. The van der Waals surface area contributed by atoms with E-state index in [9.17, 15) is 26.3 Å². The molecule has 0 saturated heterocycles. The fourth-order valence-corrected chi connectivity index (χ4v) is 15.8. The van der Waals surface area contributed by atoms with Gasteiger partial charge in [0.25, 0.3) is 5.92 Å². The summed E-state index contributed by atoms with van der Waals surface area (Å²) in [6, 6.07) is 0. The number of allylic oxidation sites excluding steroid dienone is 2. The first-order valence-corrected chi connectivity index (χ1v) is 49.7. The summed E-state index contributed by atoms with van der Waals surface area (Å²) < 4.78 is 78.9. The zero-order valence-electron chi connectivity index (χ0n) is 84.7. The molecular formula is C107H216F6. The van der Waals surface area contributed by atoms with Crippen LogP contribution in [-0.4, -0.2) is 17.8 Å². The molecule has 0 bridgehead atoms. The van der Waals surface area contributed by atoms with Crippen LogP contribution < -0.4 is 0 Å². The zero-order valence-corrected chi connectivity index (χ0v) is 84.7. The third-order valence-corrected chi connectivity index (χ3v) is 25.1. The Morgan fingerprint density at radius 2 is 0.735 bits per heavy atom. The number of unbranched alkanes of at least 4 members (excludes halogenated alkanes) is 6. The van der Waals surface area contributed by atoms with Gasteiger partial charge in [-0.25, -0.2) is 26.3 Å². The largest absolute Gasteiger partial charge is 0.254 e. The smallest absolute Gasteiger partial charge is 0.207 e. The summed E-state index contributed by atoms with van der Waals surface area (Å²) >= 11 is 0. The molecule has 4 fully saturated rings. The van der Waals surface area contributed by atoms with Gasteiger partial charge in [-0.2, -0.15) is 0 Å². The Kier molecular flexibility index (Phi) is 71.5. The van der Waals surface area contributed by atoms with Crippen LogP contribution in [0.5, 0.6) is 0 Å². The molecule has 0 spiro atoms. The predicted molar refractivity (Wildman–Crippen MR) is 504 cm³/mol. The summed E-state index contributed by atoms with van der Waals surface area (Å²) in [6.45, 7) is 83.9. The quantitative estimate of drug-likeness (QED) is 0.0323. The summed E-state index contributed by atoms with van der Waals surface area (Å²) in [6.07, 6.45) is 52.1. The van der Waals surface area contributed by atoms with Crippen molar-refractivity contribution >= 4 is 0 Å². The molecule has 0 nitrogen and oxygen atoms in total. The molecule has 0 heterocycles. The number of hydrogen-bond donors (Lipinski definition) is 0. The molecule has 0 aliphatic heterocycles. The van der Waals surface area contributed by atoms with Gasteiger partial charge in [0.2, 0.25) is 11.8 Å². The molecule has 113 heavy (non-hydrogen) atoms. The molecule has 0 amide bonds. The molecule has 4 aliphatic carbocycles. The highest BCUT2D eigenvalue weighted by molar-refractivity contribution is 5.06. The van der Waals surface area contributed by atoms with Gasteiger partial charge in [0.05, 0.1) is 0 Å². The van der Waals surface area contributed by atoms with Gasteiger partial charge in [-0.05, 0) is 219 Å². The highest BCUT2D eigenvalue weighted by Crippen LogP contribution is 2.61. The topological polar surface area (TPSA) is 0 Å². The Morgan fingerprint density at radius 3 is 1.07 bits per heavy atom. The third-order valence-electron chi connectivity index (χ3n) is 25.1. The molecule has 4 atom stereocenters. The van der Waals surface area contributed by atoms with E-state index in [4.69, 9.17) is 0 Å². The predicted octanol–water partition coefficient (Wildman–Crippen LogP) is 39.9. The van der Waals surface area contributed by atoms with Crippen LogP contribution in [-0.2, 0) is 0 Å². The zero-order chi connectivity index (χ0) is 88.7. The van der Waals surface area contributed by atoms with Crippen molar-refractivity contribution in [3.05, 3.63) is 12.2 Å². The van der Waals surface area contributed by atoms with E-state index in [1.807, 2.05) is 27.7 Å². The normalized spacial score (nSPS) is 18.1. The molecular weight excluding hydrogens is 1400 g/mol. The second-order valence-corrected chi connectivity index (χ2v) is 45.6. The van der Waals surface area contributed by atoms with Crippen LogP contribution in [0.1, 0.15) is 514 Å². The number of rotatable bonds is 51. The monoisotopic (exact) mass is 1620 g/mol. The van der Waals surface area contributed by atoms with E-state index in [1.54, 1.807) is 13.8 Å². The van der Waals surface area contributed by atoms with Crippen molar-refractivity contribution in [3.63, 3.8) is 0 Å². The third kappa shape index (κ3) is 77.1. The maximum atomic E-state index is 13.2. The first-order chi connectivity index (χ1) is 51.9. The van der Waals surface area contributed by atoms with E-state index in [2.05, 4.69) is 234 Å². The van der Waals surface area contributed by atoms with Crippen molar-refractivity contribution in [3.8, 4) is 0 Å². The van der Waals surface area contributed by atoms with Crippen LogP contribution in [0.25, 0.3) is 0 Å². The van der Waals surface area contributed by atoms with Crippen molar-refractivity contribution < 1.29 is 26.3 Å². The first-order valence-electron chi connectivity index (χ1n) is 49.7. The van der Waals surface area contributed by atoms with Crippen LogP contribution in [0.15, 0.2) is 12.2 Å². The van der Waals surface area contributed by atoms with Gasteiger partial charge in [0, 0.05) is 37.0 Å². The standard InChI is InChI=1S/2C13H26.C13H28.C12H22F2.C12H24.2C11H22F2.C11H24.C11H22/c1-11(2)6-5-7-13(8-9-13)10-12(3)4;1-11(2)7-5-6-8-13(9-10-13)12(3)4;1-11(2)9-7-8-10-13(5,6)12(3)4;1-8(2)6-5-7-10-11(9(3)4)12(10,13)14;1-9(2)6-5-7-11-8-12(11)10(3)4;1-9(2)6-5-7-11(12,13)8-10(3)4;1-9(2)7-5-6-8-11(12,13)10(3)4;2*1-10(2)8-6-5-7-9-11(3)4/h2*11-12H,5-10H2,1-4H3;11-12H,7-10H2,1-6H3;8-11H,5-7H2,1-4H3;9-12H,5-8H2,1-4H3;2*9-10H,5-8H2,1-4H3;10-11H,5-9H2,1-4H3;6,8,10-11H,5,7,9H2,1-4H3/b;;;;;;;;8-6+. The maximum Gasteiger partial charge on any atom is 0.254 e. The average molecular weight is 1620 g/mol. The molecule has 0 radical (unpaired) electrons. The molecule has 4 saturated carbocycles. The molecule has 0 aromatic heterocycles. The van der Waals surface area contributed by atoms with Crippen molar-refractivity contribution in [2.75, 3.05) is 0 Å². The molecule has 0 N–H and O–H groups in total. The first kappa shape index (κ1) is 121. The molecule has 6 heteroatoms. The van der Waals surface area contributed by atoms with Crippen molar-refractivity contribution in [1.82, 2.24) is 0 Å². The van der Waals surface area contributed by atoms with Gasteiger partial charge in [0.15, 0.2) is 0 Å². The van der Waals surface area contributed by atoms with Crippen molar-refractivity contribution in [2.45, 2.75) is 531 Å². The Morgan fingerprint density at radius 1 is 0.354 bits per heavy atom. The SMILES string of the molecule is CC(C)/C=C/CCCC(C)C.CC(C)CCCC(F)(F)CC(C)C.CC(C)CCCC1(CC(C)C)CC1.CC(C)CCCC1C(C(C)C)C1(F)F.CC(C)CCCC1CC1C(C)C.CC(C)CCCCC(C)(C)C(C)C.CC(C)CCCCC(F)(F)C(C)C.CC(C)CCCCC1(C(C)C)CC1.CC(C)CCCCCC(C)C. The number of alkyl halides is 6. The number of halogens is 6. The molecule has 0 aromatic rings. The lowest BCUT2D eigenvalue weighted by Crippen LogP contribution is -2.23. The lowest BCUT2D eigenvalue weighted by molar-refractivity contribution is -0.0542. The Bertz CT molecular complexity index is 1970. The lowest BCUT2D eigenvalue weighted by Gasteiger charge is -2.29. The highest BCUT2D eigenvalue weighted by Gasteiger charge is 2.68. The fraction of sp³-hybridized carbons (Fsp3) is 0.981. The number of hydrogen-bond acceptors (Lipinski definition) is 0.